The van der Waals surface area contributed by atoms with Gasteiger partial charge in [0.2, 0.25) is 5.95 Å². The van der Waals surface area contributed by atoms with Gasteiger partial charge in [-0.3, -0.25) is 0 Å². The van der Waals surface area contributed by atoms with Crippen molar-refractivity contribution in [2.75, 3.05) is 18.4 Å². The average Bonchev–Trinajstić information content (AvgIpc) is 2.72. The van der Waals surface area contributed by atoms with Crippen molar-refractivity contribution in [1.29, 1.82) is 0 Å². The molecule has 0 unspecified atom stereocenters. The number of halogens is 1. The molecule has 1 aromatic carbocycles. The van der Waals surface area contributed by atoms with Crippen LogP contribution in [0.2, 0.25) is 0 Å². The second kappa shape index (κ2) is 9.66. The van der Waals surface area contributed by atoms with Crippen LogP contribution in [0.1, 0.15) is 61.3 Å². The molecule has 1 fully saturated rings. The number of anilines is 1. The lowest BCUT2D eigenvalue weighted by Crippen LogP contribution is -2.49. The summed E-state index contributed by atoms with van der Waals surface area (Å²) in [5.41, 5.74) is -1.81. The van der Waals surface area contributed by atoms with Gasteiger partial charge >= 0.3 is 13.6 Å². The van der Waals surface area contributed by atoms with Gasteiger partial charge in [-0.2, -0.15) is 0 Å². The Bertz CT molecular complexity index is 1030. The number of likely N-dealkylation sites (tertiary alicyclic amines) is 1. The summed E-state index contributed by atoms with van der Waals surface area (Å²) in [6.45, 7) is 13.5. The van der Waals surface area contributed by atoms with Crippen LogP contribution in [0.4, 0.5) is 15.1 Å². The second-order valence-electron chi connectivity index (χ2n) is 10.8. The fourth-order valence-electron chi connectivity index (χ4n) is 3.32. The normalized spacial score (nSPS) is 16.0. The SMILES string of the molecule is CC(C)(C)OC(=O)N1CCC(Nc2ncc3c(F)c([B]OC(C)(C)C(C)(C)O)ccc3n2)CC1. The first-order chi connectivity index (χ1) is 15.7. The summed E-state index contributed by atoms with van der Waals surface area (Å²) in [7, 11) is 1.32. The Labute approximate surface area is 201 Å². The van der Waals surface area contributed by atoms with E-state index in [-0.39, 0.29) is 23.0 Å². The highest BCUT2D eigenvalue weighted by atomic mass is 19.1. The van der Waals surface area contributed by atoms with Crippen molar-refractivity contribution < 1.29 is 23.7 Å². The molecular formula is C24H35BFN4O4. The third kappa shape index (κ3) is 6.36. The molecule has 0 spiro atoms. The molecule has 2 heterocycles. The van der Waals surface area contributed by atoms with Gasteiger partial charge in [0, 0.05) is 25.3 Å². The highest BCUT2D eigenvalue weighted by Gasteiger charge is 2.36. The molecule has 10 heteroatoms. The van der Waals surface area contributed by atoms with Crippen molar-refractivity contribution in [3.63, 3.8) is 0 Å². The fraction of sp³-hybridized carbons (Fsp3) is 0.625. The average molecular weight is 473 g/mol. The minimum absolute atomic E-state index is 0.103. The van der Waals surface area contributed by atoms with E-state index < -0.39 is 22.6 Å². The van der Waals surface area contributed by atoms with Crippen LogP contribution >= 0.6 is 0 Å². The molecule has 0 bridgehead atoms. The number of piperidine rings is 1. The molecule has 0 saturated carbocycles. The van der Waals surface area contributed by atoms with Gasteiger partial charge in [-0.15, -0.1) is 0 Å². The predicted octanol–water partition coefficient (Wildman–Crippen LogP) is 3.39. The molecule has 185 valence electrons. The van der Waals surface area contributed by atoms with E-state index in [2.05, 4.69) is 15.3 Å². The van der Waals surface area contributed by atoms with Crippen molar-refractivity contribution in [3.8, 4) is 0 Å². The zero-order valence-electron chi connectivity index (χ0n) is 21.1. The number of nitrogens with zero attached hydrogens (tertiary/aromatic N) is 3. The molecule has 0 atom stereocenters. The maximum atomic E-state index is 15.0. The first-order valence-corrected chi connectivity index (χ1v) is 11.6. The molecule has 3 rings (SSSR count). The minimum Gasteiger partial charge on any atom is -0.444 e. The van der Waals surface area contributed by atoms with Crippen LogP contribution < -0.4 is 10.8 Å². The summed E-state index contributed by atoms with van der Waals surface area (Å²) in [5.74, 6) is -0.0694. The Balaban J connectivity index is 1.62. The van der Waals surface area contributed by atoms with Gasteiger partial charge in [0.1, 0.15) is 11.4 Å². The van der Waals surface area contributed by atoms with Crippen LogP contribution in [-0.2, 0) is 9.39 Å². The predicted molar refractivity (Wildman–Crippen MR) is 131 cm³/mol. The van der Waals surface area contributed by atoms with E-state index in [1.807, 2.05) is 20.8 Å². The summed E-state index contributed by atoms with van der Waals surface area (Å²) >= 11 is 0. The van der Waals surface area contributed by atoms with Crippen molar-refractivity contribution >= 4 is 35.9 Å². The number of carbonyl (C=O) groups excluding carboxylic acids is 1. The van der Waals surface area contributed by atoms with Gasteiger partial charge in [0.25, 0.3) is 0 Å². The Hall–Kier alpha value is -2.46. The zero-order chi connectivity index (χ0) is 25.3. The number of hydrogen-bond acceptors (Lipinski definition) is 7. The van der Waals surface area contributed by atoms with E-state index in [0.717, 1.165) is 12.8 Å². The quantitative estimate of drug-likeness (QED) is 0.621. The van der Waals surface area contributed by atoms with Crippen LogP contribution in [0.5, 0.6) is 0 Å². The van der Waals surface area contributed by atoms with Gasteiger partial charge in [-0.1, -0.05) is 6.07 Å². The lowest BCUT2D eigenvalue weighted by Gasteiger charge is -2.37. The number of rotatable bonds is 6. The fourth-order valence-corrected chi connectivity index (χ4v) is 3.32. The standard InChI is InChI=1S/C24H35BFN4O4/c1-22(2,3)33-21(31)30-12-10-15(11-13-30)28-20-27-14-16-18(29-20)9-8-17(19(16)26)25-34-24(6,7)23(4,5)32/h8-9,14-15,32H,10-13H2,1-7H3,(H,27,28,29). The van der Waals surface area contributed by atoms with Gasteiger partial charge in [0.05, 0.1) is 22.1 Å². The summed E-state index contributed by atoms with van der Waals surface area (Å²) in [5, 5.41) is 13.8. The van der Waals surface area contributed by atoms with Crippen molar-refractivity contribution in [2.24, 2.45) is 0 Å². The van der Waals surface area contributed by atoms with E-state index >= 15 is 4.39 Å². The number of amides is 1. The lowest BCUT2D eigenvalue weighted by molar-refractivity contribution is -0.0893. The molecule has 2 N–H and O–H groups in total. The number of aromatic nitrogens is 2. The summed E-state index contributed by atoms with van der Waals surface area (Å²) in [4.78, 5) is 22.7. The molecule has 34 heavy (non-hydrogen) atoms. The smallest absolute Gasteiger partial charge is 0.410 e. The van der Waals surface area contributed by atoms with Gasteiger partial charge in [0.15, 0.2) is 0 Å². The van der Waals surface area contributed by atoms with E-state index in [0.29, 0.717) is 24.6 Å². The number of ether oxygens (including phenoxy) is 1. The second-order valence-corrected chi connectivity index (χ2v) is 10.8. The minimum atomic E-state index is -1.11. The Morgan fingerprint density at radius 3 is 2.41 bits per heavy atom. The number of carbonyl (C=O) groups is 1. The maximum Gasteiger partial charge on any atom is 0.410 e. The third-order valence-electron chi connectivity index (χ3n) is 6.16. The molecule has 8 nitrogen and oxygen atoms in total. The molecule has 1 saturated heterocycles. The largest absolute Gasteiger partial charge is 0.444 e. The number of hydrogen-bond donors (Lipinski definition) is 2. The molecule has 1 aromatic heterocycles. The maximum absolute atomic E-state index is 15.0. The molecule has 0 aliphatic carbocycles. The van der Waals surface area contributed by atoms with Gasteiger partial charge in [-0.25, -0.2) is 19.2 Å². The third-order valence-corrected chi connectivity index (χ3v) is 6.16. The molecule has 2 aromatic rings. The molecule has 1 aliphatic rings. The number of benzene rings is 1. The zero-order valence-corrected chi connectivity index (χ0v) is 21.1. The molecule has 1 amide bonds. The molecule has 1 aliphatic heterocycles. The van der Waals surface area contributed by atoms with Gasteiger partial charge in [-0.05, 0) is 72.8 Å². The lowest BCUT2D eigenvalue weighted by atomic mass is 9.82. The van der Waals surface area contributed by atoms with E-state index in [9.17, 15) is 9.90 Å². The van der Waals surface area contributed by atoms with Crippen LogP contribution in [0.25, 0.3) is 10.9 Å². The number of fused-ring (bicyclic) bond motifs is 1. The van der Waals surface area contributed by atoms with Crippen LogP contribution in [0.3, 0.4) is 0 Å². The topological polar surface area (TPSA) is 96.8 Å². The van der Waals surface area contributed by atoms with E-state index in [1.54, 1.807) is 44.7 Å². The van der Waals surface area contributed by atoms with Crippen molar-refractivity contribution in [2.45, 2.75) is 84.2 Å². The summed E-state index contributed by atoms with van der Waals surface area (Å²) in [6, 6.07) is 3.41. The first-order valence-electron chi connectivity index (χ1n) is 11.6. The molecular weight excluding hydrogens is 438 g/mol. The van der Waals surface area contributed by atoms with Gasteiger partial charge < -0.3 is 24.7 Å². The highest BCUT2D eigenvalue weighted by Crippen LogP contribution is 2.25. The van der Waals surface area contributed by atoms with Crippen LogP contribution in [0, 0.1) is 5.82 Å². The number of aliphatic hydroxyl groups is 1. The van der Waals surface area contributed by atoms with Crippen LogP contribution in [0.15, 0.2) is 18.3 Å². The highest BCUT2D eigenvalue weighted by molar-refractivity contribution is 6.47. The Morgan fingerprint density at radius 2 is 1.82 bits per heavy atom. The Kier molecular flexibility index (Phi) is 7.43. The van der Waals surface area contributed by atoms with Crippen molar-refractivity contribution in [1.82, 2.24) is 14.9 Å². The first kappa shape index (κ1) is 26.2. The number of nitrogens with one attached hydrogen (secondary N) is 1. The molecule has 1 radical (unpaired) electrons. The summed E-state index contributed by atoms with van der Waals surface area (Å²) < 4.78 is 26.2. The van der Waals surface area contributed by atoms with Crippen molar-refractivity contribution in [3.05, 3.63) is 24.1 Å². The monoisotopic (exact) mass is 473 g/mol. The van der Waals surface area contributed by atoms with E-state index in [1.165, 1.54) is 13.7 Å². The Morgan fingerprint density at radius 1 is 1.18 bits per heavy atom. The van der Waals surface area contributed by atoms with E-state index in [4.69, 9.17) is 9.39 Å². The summed E-state index contributed by atoms with van der Waals surface area (Å²) in [6.07, 6.45) is 2.62. The van der Waals surface area contributed by atoms with Crippen LogP contribution in [-0.4, -0.2) is 69.5 Å².